The van der Waals surface area contributed by atoms with Crippen molar-refractivity contribution in [1.29, 1.82) is 5.41 Å². The van der Waals surface area contributed by atoms with Gasteiger partial charge >= 0.3 is 0 Å². The maximum atomic E-state index is 7.31. The van der Waals surface area contributed by atoms with Crippen LogP contribution in [-0.2, 0) is 0 Å². The molecular weight excluding hydrogens is 254 g/mol. The number of rotatable bonds is 3. The Morgan fingerprint density at radius 2 is 1.90 bits per heavy atom. The standard InChI is InChI=1S/C13H11N7/c14-12(15)10-6-7-11(16-8-10)20-18-13(17-19-20)9-4-2-1-3-5-9/h1-8H,(H3,14,15). The van der Waals surface area contributed by atoms with Crippen molar-refractivity contribution >= 4 is 5.84 Å². The van der Waals surface area contributed by atoms with Crippen LogP contribution in [0.15, 0.2) is 48.7 Å². The van der Waals surface area contributed by atoms with Gasteiger partial charge in [0.15, 0.2) is 5.82 Å². The zero-order valence-electron chi connectivity index (χ0n) is 10.4. The number of nitrogen functional groups attached to an aromatic ring is 1. The number of tetrazole rings is 1. The molecule has 2 heterocycles. The van der Waals surface area contributed by atoms with Gasteiger partial charge in [-0.05, 0) is 17.3 Å². The molecule has 3 rings (SSSR count). The molecule has 0 unspecified atom stereocenters. The topological polar surface area (TPSA) is 106 Å². The third-order valence-electron chi connectivity index (χ3n) is 2.71. The quantitative estimate of drug-likeness (QED) is 0.543. The van der Waals surface area contributed by atoms with Crippen LogP contribution in [0.3, 0.4) is 0 Å². The maximum absolute atomic E-state index is 7.31. The van der Waals surface area contributed by atoms with Crippen LogP contribution in [0.5, 0.6) is 0 Å². The number of aromatic nitrogens is 5. The number of hydrogen-bond acceptors (Lipinski definition) is 5. The molecule has 0 aliphatic heterocycles. The van der Waals surface area contributed by atoms with Crippen molar-refractivity contribution in [3.63, 3.8) is 0 Å². The van der Waals surface area contributed by atoms with Gasteiger partial charge in [-0.3, -0.25) is 5.41 Å². The van der Waals surface area contributed by atoms with Crippen molar-refractivity contribution in [2.45, 2.75) is 0 Å². The highest BCUT2D eigenvalue weighted by Gasteiger charge is 2.08. The first-order valence-electron chi connectivity index (χ1n) is 5.90. The minimum absolute atomic E-state index is 0.0272. The zero-order valence-corrected chi connectivity index (χ0v) is 10.4. The van der Waals surface area contributed by atoms with E-state index in [1.165, 1.54) is 11.0 Å². The van der Waals surface area contributed by atoms with E-state index in [1.807, 2.05) is 30.3 Å². The Bertz CT molecular complexity index is 731. The van der Waals surface area contributed by atoms with Gasteiger partial charge in [0, 0.05) is 17.3 Å². The van der Waals surface area contributed by atoms with E-state index in [2.05, 4.69) is 20.4 Å². The van der Waals surface area contributed by atoms with Gasteiger partial charge in [-0.2, -0.15) is 0 Å². The number of pyridine rings is 1. The molecule has 3 aromatic rings. The molecule has 0 saturated heterocycles. The largest absolute Gasteiger partial charge is 0.384 e. The van der Waals surface area contributed by atoms with Crippen LogP contribution in [-0.4, -0.2) is 31.0 Å². The van der Waals surface area contributed by atoms with Gasteiger partial charge in [-0.1, -0.05) is 30.3 Å². The van der Waals surface area contributed by atoms with Crippen molar-refractivity contribution in [3.8, 4) is 17.2 Å². The number of nitrogens with zero attached hydrogens (tertiary/aromatic N) is 5. The number of benzene rings is 1. The SMILES string of the molecule is N=C(N)c1ccc(-n2nnc(-c3ccccc3)n2)nc1. The fraction of sp³-hybridized carbons (Fsp3) is 0. The number of nitrogens with two attached hydrogens (primary N) is 1. The van der Waals surface area contributed by atoms with Crippen molar-refractivity contribution in [3.05, 3.63) is 54.2 Å². The Morgan fingerprint density at radius 3 is 2.55 bits per heavy atom. The normalized spacial score (nSPS) is 10.4. The van der Waals surface area contributed by atoms with Crippen LogP contribution in [0.2, 0.25) is 0 Å². The van der Waals surface area contributed by atoms with E-state index in [-0.39, 0.29) is 5.84 Å². The lowest BCUT2D eigenvalue weighted by molar-refractivity contribution is 0.700. The molecule has 0 bridgehead atoms. The molecule has 0 fully saturated rings. The van der Waals surface area contributed by atoms with Crippen molar-refractivity contribution in [2.75, 3.05) is 0 Å². The lowest BCUT2D eigenvalue weighted by Gasteiger charge is -1.99. The summed E-state index contributed by atoms with van der Waals surface area (Å²) in [7, 11) is 0. The number of amidine groups is 1. The van der Waals surface area contributed by atoms with Gasteiger partial charge in [-0.25, -0.2) is 4.98 Å². The first kappa shape index (κ1) is 12.0. The van der Waals surface area contributed by atoms with E-state index in [0.29, 0.717) is 17.2 Å². The average Bonchev–Trinajstić information content (AvgIpc) is 2.98. The minimum atomic E-state index is -0.0272. The molecule has 0 amide bonds. The van der Waals surface area contributed by atoms with Crippen LogP contribution in [0, 0.1) is 5.41 Å². The predicted molar refractivity (Wildman–Crippen MR) is 73.4 cm³/mol. The highest BCUT2D eigenvalue weighted by Crippen LogP contribution is 2.13. The van der Waals surface area contributed by atoms with Crippen molar-refractivity contribution < 1.29 is 0 Å². The molecule has 0 spiro atoms. The fourth-order valence-corrected chi connectivity index (χ4v) is 1.68. The Kier molecular flexibility index (Phi) is 2.92. The van der Waals surface area contributed by atoms with E-state index in [0.717, 1.165) is 5.56 Å². The zero-order chi connectivity index (χ0) is 13.9. The molecule has 3 N–H and O–H groups in total. The minimum Gasteiger partial charge on any atom is -0.384 e. The number of hydrogen-bond donors (Lipinski definition) is 2. The van der Waals surface area contributed by atoms with Crippen molar-refractivity contribution in [2.24, 2.45) is 5.73 Å². The summed E-state index contributed by atoms with van der Waals surface area (Å²) >= 11 is 0. The van der Waals surface area contributed by atoms with E-state index in [1.54, 1.807) is 12.1 Å². The van der Waals surface area contributed by atoms with Crippen LogP contribution in [0.4, 0.5) is 0 Å². The molecule has 0 aliphatic rings. The summed E-state index contributed by atoms with van der Waals surface area (Å²) < 4.78 is 0. The smallest absolute Gasteiger partial charge is 0.205 e. The molecule has 7 heteroatoms. The second-order valence-corrected chi connectivity index (χ2v) is 4.09. The van der Waals surface area contributed by atoms with Gasteiger partial charge < -0.3 is 5.73 Å². The lowest BCUT2D eigenvalue weighted by atomic mass is 10.2. The summed E-state index contributed by atoms with van der Waals surface area (Å²) in [5.41, 5.74) is 6.82. The lowest BCUT2D eigenvalue weighted by Crippen LogP contribution is -2.12. The van der Waals surface area contributed by atoms with Gasteiger partial charge in [0.25, 0.3) is 0 Å². The second-order valence-electron chi connectivity index (χ2n) is 4.09. The van der Waals surface area contributed by atoms with Gasteiger partial charge in [0.1, 0.15) is 5.84 Å². The third-order valence-corrected chi connectivity index (χ3v) is 2.71. The van der Waals surface area contributed by atoms with Gasteiger partial charge in [-0.15, -0.1) is 15.0 Å². The molecule has 1 aromatic carbocycles. The molecule has 98 valence electrons. The molecule has 2 aromatic heterocycles. The van der Waals surface area contributed by atoms with Crippen LogP contribution >= 0.6 is 0 Å². The maximum Gasteiger partial charge on any atom is 0.205 e. The van der Waals surface area contributed by atoms with Gasteiger partial charge in [0.05, 0.1) is 0 Å². The number of nitrogens with one attached hydrogen (secondary N) is 1. The Hall–Kier alpha value is -3.09. The van der Waals surface area contributed by atoms with Gasteiger partial charge in [0.2, 0.25) is 5.82 Å². The predicted octanol–water partition coefficient (Wildman–Crippen LogP) is 1.01. The molecule has 0 atom stereocenters. The van der Waals surface area contributed by atoms with E-state index >= 15 is 0 Å². The fourth-order valence-electron chi connectivity index (χ4n) is 1.68. The summed E-state index contributed by atoms with van der Waals surface area (Å²) in [5.74, 6) is 1.02. The molecule has 0 aliphatic carbocycles. The Labute approximate surface area is 114 Å². The summed E-state index contributed by atoms with van der Waals surface area (Å²) in [6.07, 6.45) is 1.50. The molecule has 0 radical (unpaired) electrons. The molecule has 0 saturated carbocycles. The summed E-state index contributed by atoms with van der Waals surface area (Å²) in [6.45, 7) is 0. The van der Waals surface area contributed by atoms with E-state index in [4.69, 9.17) is 11.1 Å². The summed E-state index contributed by atoms with van der Waals surface area (Å²) in [5, 5.41) is 19.5. The second kappa shape index (κ2) is 4.88. The summed E-state index contributed by atoms with van der Waals surface area (Å²) in [4.78, 5) is 5.49. The Balaban J connectivity index is 1.92. The highest BCUT2D eigenvalue weighted by atomic mass is 15.6. The first-order chi connectivity index (χ1) is 9.74. The van der Waals surface area contributed by atoms with E-state index in [9.17, 15) is 0 Å². The monoisotopic (exact) mass is 265 g/mol. The third kappa shape index (κ3) is 2.24. The van der Waals surface area contributed by atoms with Crippen LogP contribution in [0.25, 0.3) is 17.2 Å². The molecule has 7 nitrogen and oxygen atoms in total. The van der Waals surface area contributed by atoms with Crippen LogP contribution in [0.1, 0.15) is 5.56 Å². The molecular formula is C13H11N7. The highest BCUT2D eigenvalue weighted by molar-refractivity contribution is 5.94. The van der Waals surface area contributed by atoms with Crippen molar-refractivity contribution in [1.82, 2.24) is 25.2 Å². The first-order valence-corrected chi connectivity index (χ1v) is 5.90. The average molecular weight is 265 g/mol. The van der Waals surface area contributed by atoms with E-state index < -0.39 is 0 Å². The Morgan fingerprint density at radius 1 is 1.10 bits per heavy atom. The van der Waals surface area contributed by atoms with Crippen LogP contribution < -0.4 is 5.73 Å². The summed E-state index contributed by atoms with van der Waals surface area (Å²) in [6, 6.07) is 13.0. The molecule has 20 heavy (non-hydrogen) atoms.